The lowest BCUT2D eigenvalue weighted by molar-refractivity contribution is 0.127. The Labute approximate surface area is 136 Å². The molecule has 22 heavy (non-hydrogen) atoms. The molecule has 1 atom stereocenters. The van der Waals surface area contributed by atoms with Crippen LogP contribution < -0.4 is 10.6 Å². The SMILES string of the molecule is CCc1ccc(CNC(=NC)NCC2(CCO)CCOC2)s1. The number of aliphatic imine (C=N–C) groups is 1. The van der Waals surface area contributed by atoms with Gasteiger partial charge in [0.05, 0.1) is 13.2 Å². The van der Waals surface area contributed by atoms with E-state index in [-0.39, 0.29) is 12.0 Å². The molecule has 0 bridgehead atoms. The van der Waals surface area contributed by atoms with Crippen LogP contribution in [0.4, 0.5) is 0 Å². The Morgan fingerprint density at radius 3 is 2.82 bits per heavy atom. The first-order chi connectivity index (χ1) is 10.7. The zero-order valence-corrected chi connectivity index (χ0v) is 14.3. The number of rotatable bonds is 7. The Hall–Kier alpha value is -1.11. The number of aryl methyl sites for hydroxylation is 1. The molecule has 0 amide bonds. The van der Waals surface area contributed by atoms with Crippen molar-refractivity contribution in [2.45, 2.75) is 32.7 Å². The van der Waals surface area contributed by atoms with E-state index in [1.54, 1.807) is 7.05 Å². The zero-order chi connectivity index (χ0) is 15.8. The van der Waals surface area contributed by atoms with Gasteiger partial charge in [0.15, 0.2) is 5.96 Å². The summed E-state index contributed by atoms with van der Waals surface area (Å²) in [5, 5.41) is 16.0. The number of guanidine groups is 1. The Morgan fingerprint density at radius 2 is 2.23 bits per heavy atom. The maximum Gasteiger partial charge on any atom is 0.191 e. The molecule has 0 aliphatic carbocycles. The molecule has 3 N–H and O–H groups in total. The van der Waals surface area contributed by atoms with Crippen LogP contribution in [0, 0.1) is 5.41 Å². The number of aliphatic hydroxyl groups excluding tert-OH is 1. The Bertz CT molecular complexity index is 481. The largest absolute Gasteiger partial charge is 0.396 e. The van der Waals surface area contributed by atoms with Crippen LogP contribution in [0.5, 0.6) is 0 Å². The van der Waals surface area contributed by atoms with Gasteiger partial charge >= 0.3 is 0 Å². The number of ether oxygens (including phenoxy) is 1. The number of thiophene rings is 1. The predicted octanol–water partition coefficient (Wildman–Crippen LogP) is 1.76. The van der Waals surface area contributed by atoms with Gasteiger partial charge in [-0.05, 0) is 31.4 Å². The van der Waals surface area contributed by atoms with Gasteiger partial charge in [0, 0.05) is 42.0 Å². The smallest absolute Gasteiger partial charge is 0.191 e. The number of hydrogen-bond acceptors (Lipinski definition) is 4. The van der Waals surface area contributed by atoms with Crippen molar-refractivity contribution in [3.8, 4) is 0 Å². The molecule has 5 nitrogen and oxygen atoms in total. The third-order valence-electron chi connectivity index (χ3n) is 4.18. The van der Waals surface area contributed by atoms with E-state index in [4.69, 9.17) is 4.74 Å². The van der Waals surface area contributed by atoms with Gasteiger partial charge < -0.3 is 20.5 Å². The summed E-state index contributed by atoms with van der Waals surface area (Å²) in [5.74, 6) is 0.802. The van der Waals surface area contributed by atoms with Crippen LogP contribution in [0.25, 0.3) is 0 Å². The average Bonchev–Trinajstić information content (AvgIpc) is 3.17. The van der Waals surface area contributed by atoms with Crippen LogP contribution in [0.1, 0.15) is 29.5 Å². The highest BCUT2D eigenvalue weighted by Gasteiger charge is 2.34. The standard InChI is InChI=1S/C16H27N3O2S/c1-3-13-4-5-14(22-13)10-18-15(17-2)19-11-16(6-8-20)7-9-21-12-16/h4-5,20H,3,6-12H2,1-2H3,(H2,17,18,19). The normalized spacial score (nSPS) is 22.0. The highest BCUT2D eigenvalue weighted by molar-refractivity contribution is 7.11. The second-order valence-corrected chi connectivity index (χ2v) is 7.03. The maximum absolute atomic E-state index is 9.26. The molecular formula is C16H27N3O2S. The quantitative estimate of drug-likeness (QED) is 0.528. The van der Waals surface area contributed by atoms with Gasteiger partial charge in [0.2, 0.25) is 0 Å². The van der Waals surface area contributed by atoms with Gasteiger partial charge in [-0.2, -0.15) is 0 Å². The molecule has 0 spiro atoms. The van der Waals surface area contributed by atoms with Crippen LogP contribution in [0.3, 0.4) is 0 Å². The first-order valence-electron chi connectivity index (χ1n) is 7.92. The van der Waals surface area contributed by atoms with Crippen molar-refractivity contribution < 1.29 is 9.84 Å². The topological polar surface area (TPSA) is 65.9 Å². The third kappa shape index (κ3) is 4.69. The van der Waals surface area contributed by atoms with Crippen LogP contribution in [-0.2, 0) is 17.7 Å². The second kappa shape index (κ2) is 8.50. The fourth-order valence-corrected chi connectivity index (χ4v) is 3.58. The number of aliphatic hydroxyl groups is 1. The van der Waals surface area contributed by atoms with Gasteiger partial charge in [0.1, 0.15) is 0 Å². The summed E-state index contributed by atoms with van der Waals surface area (Å²) >= 11 is 1.84. The molecule has 6 heteroatoms. The van der Waals surface area contributed by atoms with Gasteiger partial charge in [-0.3, -0.25) is 4.99 Å². The molecule has 2 heterocycles. The van der Waals surface area contributed by atoms with E-state index in [1.165, 1.54) is 9.75 Å². The maximum atomic E-state index is 9.26. The molecule has 0 aromatic carbocycles. The van der Waals surface area contributed by atoms with Gasteiger partial charge in [-0.25, -0.2) is 0 Å². The highest BCUT2D eigenvalue weighted by Crippen LogP contribution is 2.31. The summed E-state index contributed by atoms with van der Waals surface area (Å²) in [7, 11) is 1.78. The van der Waals surface area contributed by atoms with Gasteiger partial charge in [0.25, 0.3) is 0 Å². The molecule has 1 saturated heterocycles. The lowest BCUT2D eigenvalue weighted by Crippen LogP contribution is -2.44. The van der Waals surface area contributed by atoms with E-state index >= 15 is 0 Å². The monoisotopic (exact) mass is 325 g/mol. The van der Waals surface area contributed by atoms with Crippen LogP contribution >= 0.6 is 11.3 Å². The predicted molar refractivity (Wildman–Crippen MR) is 91.5 cm³/mol. The fraction of sp³-hybridized carbons (Fsp3) is 0.688. The van der Waals surface area contributed by atoms with E-state index < -0.39 is 0 Å². The molecule has 1 aliphatic rings. The average molecular weight is 325 g/mol. The zero-order valence-electron chi connectivity index (χ0n) is 13.5. The van der Waals surface area contributed by atoms with E-state index in [0.29, 0.717) is 6.61 Å². The lowest BCUT2D eigenvalue weighted by Gasteiger charge is -2.27. The van der Waals surface area contributed by atoms with Crippen molar-refractivity contribution in [1.29, 1.82) is 0 Å². The Kier molecular flexibility index (Phi) is 6.67. The number of nitrogens with zero attached hydrogens (tertiary/aromatic N) is 1. The molecule has 1 unspecified atom stereocenters. The van der Waals surface area contributed by atoms with E-state index in [1.807, 2.05) is 11.3 Å². The van der Waals surface area contributed by atoms with Crippen molar-refractivity contribution in [1.82, 2.24) is 10.6 Å². The summed E-state index contributed by atoms with van der Waals surface area (Å²) in [5.41, 5.74) is 0.0324. The second-order valence-electron chi connectivity index (χ2n) is 5.78. The van der Waals surface area contributed by atoms with E-state index in [0.717, 1.165) is 44.9 Å². The lowest BCUT2D eigenvalue weighted by atomic mass is 9.84. The Balaban J connectivity index is 1.81. The summed E-state index contributed by atoms with van der Waals surface area (Å²) in [4.78, 5) is 7.00. The molecule has 1 aliphatic heterocycles. The molecule has 1 aromatic rings. The van der Waals surface area contributed by atoms with Gasteiger partial charge in [-0.1, -0.05) is 6.92 Å². The summed E-state index contributed by atoms with van der Waals surface area (Å²) in [6, 6.07) is 4.35. The van der Waals surface area contributed by atoms with E-state index in [2.05, 4.69) is 34.7 Å². The third-order valence-corrected chi connectivity index (χ3v) is 5.41. The molecular weight excluding hydrogens is 298 g/mol. The van der Waals surface area contributed by atoms with Crippen molar-refractivity contribution in [2.75, 3.05) is 33.4 Å². The van der Waals surface area contributed by atoms with E-state index in [9.17, 15) is 5.11 Å². The van der Waals surface area contributed by atoms with Crippen LogP contribution in [0.2, 0.25) is 0 Å². The molecule has 0 radical (unpaired) electrons. The Morgan fingerprint density at radius 1 is 1.41 bits per heavy atom. The molecule has 0 saturated carbocycles. The fourth-order valence-electron chi connectivity index (χ4n) is 2.68. The first-order valence-corrected chi connectivity index (χ1v) is 8.74. The summed E-state index contributed by atoms with van der Waals surface area (Å²) in [6.45, 7) is 5.43. The van der Waals surface area contributed by atoms with Crippen LogP contribution in [0.15, 0.2) is 17.1 Å². The first kappa shape index (κ1) is 17.2. The number of hydrogen-bond donors (Lipinski definition) is 3. The molecule has 124 valence electrons. The van der Waals surface area contributed by atoms with Crippen LogP contribution in [-0.4, -0.2) is 44.5 Å². The van der Waals surface area contributed by atoms with Crippen molar-refractivity contribution in [2.24, 2.45) is 10.4 Å². The van der Waals surface area contributed by atoms with Crippen molar-refractivity contribution >= 4 is 17.3 Å². The molecule has 2 rings (SSSR count). The summed E-state index contributed by atoms with van der Waals surface area (Å²) in [6.07, 6.45) is 2.84. The highest BCUT2D eigenvalue weighted by atomic mass is 32.1. The summed E-state index contributed by atoms with van der Waals surface area (Å²) < 4.78 is 5.51. The molecule has 1 aromatic heterocycles. The van der Waals surface area contributed by atoms with Gasteiger partial charge in [-0.15, -0.1) is 11.3 Å². The minimum atomic E-state index is 0.0324. The molecule has 1 fully saturated rings. The minimum Gasteiger partial charge on any atom is -0.396 e. The van der Waals surface area contributed by atoms with Crippen molar-refractivity contribution in [3.05, 3.63) is 21.9 Å². The van der Waals surface area contributed by atoms with Crippen molar-refractivity contribution in [3.63, 3.8) is 0 Å². The minimum absolute atomic E-state index is 0.0324. The number of nitrogens with one attached hydrogen (secondary N) is 2.